The van der Waals surface area contributed by atoms with Gasteiger partial charge in [-0.1, -0.05) is 30.3 Å². The summed E-state index contributed by atoms with van der Waals surface area (Å²) in [5.74, 6) is -0.362. The van der Waals surface area contributed by atoms with Crippen molar-refractivity contribution >= 4 is 23.0 Å². The molecule has 8 heteroatoms. The molecule has 3 aromatic carbocycles. The minimum atomic E-state index is -0.301. The van der Waals surface area contributed by atoms with E-state index >= 15 is 0 Å². The zero-order chi connectivity index (χ0) is 25.2. The first-order valence-electron chi connectivity index (χ1n) is 12.4. The Labute approximate surface area is 213 Å². The van der Waals surface area contributed by atoms with E-state index in [1.54, 1.807) is 16.8 Å². The fraction of sp³-hybridized carbons (Fsp3) is 0.207. The van der Waals surface area contributed by atoms with Gasteiger partial charge in [-0.25, -0.2) is 9.07 Å². The maximum absolute atomic E-state index is 13.5. The molecular weight excluding hydrogens is 469 g/mol. The van der Waals surface area contributed by atoms with Crippen LogP contribution in [0.1, 0.15) is 18.4 Å². The number of carbonyl (C=O) groups excluding carboxylic acids is 1. The quantitative estimate of drug-likeness (QED) is 0.344. The molecule has 186 valence electrons. The van der Waals surface area contributed by atoms with Crippen LogP contribution >= 0.6 is 0 Å². The summed E-state index contributed by atoms with van der Waals surface area (Å²) in [5, 5.41) is 7.86. The van der Waals surface area contributed by atoms with Crippen molar-refractivity contribution in [3.05, 3.63) is 96.4 Å². The summed E-state index contributed by atoms with van der Waals surface area (Å²) in [6, 6.07) is 24.4. The normalized spacial score (nSPS) is 14.2. The van der Waals surface area contributed by atoms with Crippen LogP contribution in [0.4, 0.5) is 10.4 Å². The highest BCUT2D eigenvalue weighted by Crippen LogP contribution is 2.27. The van der Waals surface area contributed by atoms with E-state index in [-0.39, 0.29) is 17.6 Å². The summed E-state index contributed by atoms with van der Waals surface area (Å²) < 4.78 is 21.2. The van der Waals surface area contributed by atoms with Crippen LogP contribution in [-0.2, 0) is 11.3 Å². The SMILES string of the molecule is O=C(NCc1cn(-c2ccccc2)nc1-c1ccc(F)cc1)C1CCN(c2nc3ccccc3o2)CC1. The monoisotopic (exact) mass is 495 g/mol. The minimum absolute atomic E-state index is 0.0229. The molecule has 1 N–H and O–H groups in total. The molecule has 0 spiro atoms. The van der Waals surface area contributed by atoms with Gasteiger partial charge in [-0.3, -0.25) is 4.79 Å². The predicted octanol–water partition coefficient (Wildman–Crippen LogP) is 5.35. The average Bonchev–Trinajstić information content (AvgIpc) is 3.58. The lowest BCUT2D eigenvalue weighted by atomic mass is 9.96. The van der Waals surface area contributed by atoms with Crippen LogP contribution < -0.4 is 10.2 Å². The number of piperidine rings is 1. The first-order chi connectivity index (χ1) is 18.1. The summed E-state index contributed by atoms with van der Waals surface area (Å²) in [6.45, 7) is 1.75. The van der Waals surface area contributed by atoms with Gasteiger partial charge in [0, 0.05) is 42.9 Å². The van der Waals surface area contributed by atoms with E-state index in [4.69, 9.17) is 9.52 Å². The first kappa shape index (κ1) is 23.0. The Bertz CT molecular complexity index is 1490. The van der Waals surface area contributed by atoms with E-state index in [0.29, 0.717) is 25.6 Å². The molecule has 1 aliphatic rings. The molecule has 7 nitrogen and oxygen atoms in total. The largest absolute Gasteiger partial charge is 0.423 e. The Morgan fingerprint density at radius 2 is 1.70 bits per heavy atom. The van der Waals surface area contributed by atoms with E-state index in [2.05, 4.69) is 15.2 Å². The average molecular weight is 496 g/mol. The number of fused-ring (bicyclic) bond motifs is 1. The Kier molecular flexibility index (Phi) is 6.14. The molecule has 3 heterocycles. The van der Waals surface area contributed by atoms with E-state index in [1.807, 2.05) is 60.8 Å². The number of rotatable bonds is 6. The van der Waals surface area contributed by atoms with Crippen LogP contribution in [0.15, 0.2) is 89.5 Å². The van der Waals surface area contributed by atoms with Crippen LogP contribution in [0.3, 0.4) is 0 Å². The Morgan fingerprint density at radius 1 is 0.973 bits per heavy atom. The number of oxazole rings is 1. The van der Waals surface area contributed by atoms with Crippen molar-refractivity contribution in [2.24, 2.45) is 5.92 Å². The molecule has 0 saturated carbocycles. The number of nitrogens with zero attached hydrogens (tertiary/aromatic N) is 4. The second-order valence-corrected chi connectivity index (χ2v) is 9.23. The van der Waals surface area contributed by atoms with Crippen molar-refractivity contribution in [3.63, 3.8) is 0 Å². The number of hydrogen-bond acceptors (Lipinski definition) is 5. The van der Waals surface area contributed by atoms with Crippen molar-refractivity contribution in [1.29, 1.82) is 0 Å². The summed E-state index contributed by atoms with van der Waals surface area (Å²) in [4.78, 5) is 19.8. The molecule has 6 rings (SSSR count). The lowest BCUT2D eigenvalue weighted by Crippen LogP contribution is -2.40. The van der Waals surface area contributed by atoms with Crippen molar-refractivity contribution in [2.45, 2.75) is 19.4 Å². The minimum Gasteiger partial charge on any atom is -0.423 e. The molecule has 0 unspecified atom stereocenters. The molecule has 0 bridgehead atoms. The molecule has 5 aromatic rings. The van der Waals surface area contributed by atoms with Crippen LogP contribution in [-0.4, -0.2) is 33.8 Å². The maximum atomic E-state index is 13.5. The number of hydrogen-bond donors (Lipinski definition) is 1. The number of halogens is 1. The molecule has 0 radical (unpaired) electrons. The third-order valence-corrected chi connectivity index (χ3v) is 6.80. The van der Waals surface area contributed by atoms with Crippen LogP contribution in [0.25, 0.3) is 28.0 Å². The summed E-state index contributed by atoms with van der Waals surface area (Å²) in [7, 11) is 0. The molecule has 2 aromatic heterocycles. The number of nitrogens with one attached hydrogen (secondary N) is 1. The topological polar surface area (TPSA) is 76.2 Å². The van der Waals surface area contributed by atoms with E-state index in [1.165, 1.54) is 12.1 Å². The number of carbonyl (C=O) groups is 1. The van der Waals surface area contributed by atoms with Crippen molar-refractivity contribution in [3.8, 4) is 16.9 Å². The van der Waals surface area contributed by atoms with Gasteiger partial charge in [0.15, 0.2) is 5.58 Å². The zero-order valence-electron chi connectivity index (χ0n) is 20.2. The Morgan fingerprint density at radius 3 is 2.46 bits per heavy atom. The molecular formula is C29H26FN5O2. The third kappa shape index (κ3) is 4.82. The Hall–Kier alpha value is -4.46. The predicted molar refractivity (Wildman–Crippen MR) is 140 cm³/mol. The fourth-order valence-corrected chi connectivity index (χ4v) is 4.76. The molecule has 1 aliphatic heterocycles. The molecule has 0 aliphatic carbocycles. The van der Waals surface area contributed by atoms with Gasteiger partial charge in [-0.05, 0) is 61.4 Å². The van der Waals surface area contributed by atoms with E-state index < -0.39 is 0 Å². The molecule has 1 saturated heterocycles. The van der Waals surface area contributed by atoms with Crippen LogP contribution in [0.5, 0.6) is 0 Å². The summed E-state index contributed by atoms with van der Waals surface area (Å²) in [6.07, 6.45) is 3.36. The second kappa shape index (κ2) is 9.89. The lowest BCUT2D eigenvalue weighted by molar-refractivity contribution is -0.125. The fourth-order valence-electron chi connectivity index (χ4n) is 4.76. The first-order valence-corrected chi connectivity index (χ1v) is 12.4. The summed E-state index contributed by atoms with van der Waals surface area (Å²) in [5.41, 5.74) is 4.90. The van der Waals surface area contributed by atoms with Crippen molar-refractivity contribution < 1.29 is 13.6 Å². The van der Waals surface area contributed by atoms with Gasteiger partial charge in [0.25, 0.3) is 6.01 Å². The van der Waals surface area contributed by atoms with Gasteiger partial charge in [0.2, 0.25) is 5.91 Å². The van der Waals surface area contributed by atoms with Gasteiger partial charge in [0.1, 0.15) is 11.3 Å². The van der Waals surface area contributed by atoms with Gasteiger partial charge in [-0.15, -0.1) is 0 Å². The summed E-state index contributed by atoms with van der Waals surface area (Å²) >= 11 is 0. The number of benzene rings is 3. The molecule has 37 heavy (non-hydrogen) atoms. The van der Waals surface area contributed by atoms with Crippen molar-refractivity contribution in [1.82, 2.24) is 20.1 Å². The van der Waals surface area contributed by atoms with Gasteiger partial charge in [0.05, 0.1) is 11.4 Å². The van der Waals surface area contributed by atoms with Gasteiger partial charge in [-0.2, -0.15) is 10.1 Å². The highest BCUT2D eigenvalue weighted by molar-refractivity contribution is 5.79. The van der Waals surface area contributed by atoms with Crippen LogP contribution in [0, 0.1) is 11.7 Å². The highest BCUT2D eigenvalue weighted by atomic mass is 19.1. The number of para-hydroxylation sites is 3. The maximum Gasteiger partial charge on any atom is 0.298 e. The van der Waals surface area contributed by atoms with Crippen LogP contribution in [0.2, 0.25) is 0 Å². The third-order valence-electron chi connectivity index (χ3n) is 6.80. The Balaban J connectivity index is 1.14. The number of amides is 1. The molecule has 1 fully saturated rings. The highest BCUT2D eigenvalue weighted by Gasteiger charge is 2.27. The number of aromatic nitrogens is 3. The van der Waals surface area contributed by atoms with E-state index in [0.717, 1.165) is 46.4 Å². The van der Waals surface area contributed by atoms with Crippen molar-refractivity contribution in [2.75, 3.05) is 18.0 Å². The van der Waals surface area contributed by atoms with Gasteiger partial charge < -0.3 is 14.6 Å². The molecule has 0 atom stereocenters. The lowest BCUT2D eigenvalue weighted by Gasteiger charge is -2.30. The van der Waals surface area contributed by atoms with E-state index in [9.17, 15) is 9.18 Å². The molecule has 1 amide bonds. The number of anilines is 1. The van der Waals surface area contributed by atoms with Gasteiger partial charge >= 0.3 is 0 Å². The smallest absolute Gasteiger partial charge is 0.298 e. The zero-order valence-corrected chi connectivity index (χ0v) is 20.2. The second-order valence-electron chi connectivity index (χ2n) is 9.23. The standard InChI is InChI=1S/C29H26FN5O2/c30-23-12-10-20(11-13-23)27-22(19-35(33-27)24-6-2-1-3-7-24)18-31-28(36)21-14-16-34(17-15-21)29-32-25-8-4-5-9-26(25)37-29/h1-13,19,21H,14-18H2,(H,31,36).